The third-order valence-corrected chi connectivity index (χ3v) is 7.22. The van der Waals surface area contributed by atoms with E-state index in [1.165, 1.54) is 13.2 Å². The van der Waals surface area contributed by atoms with E-state index in [1.807, 2.05) is 0 Å². The molecular formula is C28H23F4N5O2. The molecule has 2 aromatic carbocycles. The summed E-state index contributed by atoms with van der Waals surface area (Å²) in [6.45, 7) is 0.581. The minimum Gasteiger partial charge on any atom is -0.394 e. The minimum absolute atomic E-state index is 0.147. The van der Waals surface area contributed by atoms with Crippen molar-refractivity contribution in [2.45, 2.75) is 19.5 Å². The number of ketones is 1. The lowest BCUT2D eigenvalue weighted by Crippen LogP contribution is -2.11. The fourth-order valence-corrected chi connectivity index (χ4v) is 5.38. The van der Waals surface area contributed by atoms with Gasteiger partial charge >= 0.3 is 0 Å². The first-order chi connectivity index (χ1) is 18.7. The van der Waals surface area contributed by atoms with Crippen LogP contribution in [-0.4, -0.2) is 33.4 Å². The van der Waals surface area contributed by atoms with Gasteiger partial charge in [0.05, 0.1) is 22.4 Å². The molecule has 0 saturated heterocycles. The topological polar surface area (TPSA) is 86.6 Å². The molecule has 11 heteroatoms. The number of rotatable bonds is 5. The number of nitrogens with two attached hydrogens (primary N) is 1. The molecule has 0 radical (unpaired) electrons. The number of nitrogen functional groups attached to an aromatic ring is 1. The zero-order valence-electron chi connectivity index (χ0n) is 21.0. The second kappa shape index (κ2) is 9.12. The number of ether oxygens (including phenoxy) is 1. The molecule has 7 nitrogen and oxygen atoms in total. The van der Waals surface area contributed by atoms with Crippen molar-refractivity contribution in [3.63, 3.8) is 0 Å². The summed E-state index contributed by atoms with van der Waals surface area (Å²) in [5.74, 6) is -2.12. The first kappa shape index (κ1) is 24.9. The van der Waals surface area contributed by atoms with E-state index in [4.69, 9.17) is 15.5 Å². The Labute approximate surface area is 219 Å². The fourth-order valence-electron chi connectivity index (χ4n) is 5.38. The largest absolute Gasteiger partial charge is 0.394 e. The van der Waals surface area contributed by atoms with Gasteiger partial charge < -0.3 is 24.8 Å². The van der Waals surface area contributed by atoms with Crippen LogP contribution in [0.3, 0.4) is 0 Å². The number of anilines is 2. The van der Waals surface area contributed by atoms with E-state index < -0.39 is 29.5 Å². The Morgan fingerprint density at radius 1 is 1.21 bits per heavy atom. The SMILES string of the molecule is COCc1nc2c3c(c(C(F)F)cc2n1C)-c1cccn2c(C(=O)c4cc(F)c(N)c(F)c4)cc(c12)CCN3. The maximum absolute atomic E-state index is 14.6. The van der Waals surface area contributed by atoms with Crippen LogP contribution in [-0.2, 0) is 24.8 Å². The van der Waals surface area contributed by atoms with E-state index >= 15 is 0 Å². The lowest BCUT2D eigenvalue weighted by molar-refractivity contribution is 0.103. The highest BCUT2D eigenvalue weighted by Crippen LogP contribution is 2.45. The van der Waals surface area contributed by atoms with Crippen molar-refractivity contribution < 1.29 is 27.1 Å². The van der Waals surface area contributed by atoms with Crippen LogP contribution in [0.4, 0.5) is 28.9 Å². The van der Waals surface area contributed by atoms with Gasteiger partial charge in [0, 0.05) is 49.2 Å². The number of aryl methyl sites for hydroxylation is 1. The second-order valence-corrected chi connectivity index (χ2v) is 9.46. The van der Waals surface area contributed by atoms with Crippen LogP contribution in [0, 0.1) is 11.6 Å². The molecule has 0 unspecified atom stereocenters. The number of fused-ring (bicyclic) bond motifs is 4. The van der Waals surface area contributed by atoms with Crippen molar-refractivity contribution in [2.24, 2.45) is 7.05 Å². The van der Waals surface area contributed by atoms with Gasteiger partial charge in [-0.2, -0.15) is 0 Å². The Hall–Kier alpha value is -4.38. The summed E-state index contributed by atoms with van der Waals surface area (Å²) < 4.78 is 66.1. The molecule has 1 aliphatic heterocycles. The molecule has 0 bridgehead atoms. The number of carbonyl (C=O) groups is 1. The first-order valence-electron chi connectivity index (χ1n) is 12.2. The molecule has 6 rings (SSSR count). The Kier molecular flexibility index (Phi) is 5.83. The Morgan fingerprint density at radius 3 is 2.64 bits per heavy atom. The zero-order chi connectivity index (χ0) is 27.6. The van der Waals surface area contributed by atoms with Gasteiger partial charge in [-0.1, -0.05) is 6.07 Å². The third-order valence-electron chi connectivity index (χ3n) is 7.22. The fraction of sp³-hybridized carbons (Fsp3) is 0.214. The summed E-state index contributed by atoms with van der Waals surface area (Å²) in [6.07, 6.45) is -0.715. The standard InChI is InChI=1S/C28H23F4N5O2/c1-36-19-11-16(28(31)32)22-15-4-3-7-37-20(27(38)14-8-17(29)23(33)18(30)9-14)10-13(26(15)37)5-6-34-25(22)24(19)35-21(36)12-39-2/h3-4,7-11,28,34H,5-6,12,33H2,1-2H3. The van der Waals surface area contributed by atoms with E-state index in [-0.39, 0.29) is 29.0 Å². The molecule has 3 aromatic heterocycles. The summed E-state index contributed by atoms with van der Waals surface area (Å²) in [4.78, 5) is 18.1. The summed E-state index contributed by atoms with van der Waals surface area (Å²) in [5.41, 5.74) is 8.05. The Balaban J connectivity index is 1.63. The quantitative estimate of drug-likeness (QED) is 0.172. The molecule has 3 N–H and O–H groups in total. The smallest absolute Gasteiger partial charge is 0.264 e. The summed E-state index contributed by atoms with van der Waals surface area (Å²) in [7, 11) is 3.29. The average Bonchev–Trinajstić information content (AvgIpc) is 3.43. The van der Waals surface area contributed by atoms with Gasteiger partial charge in [0.15, 0.2) is 0 Å². The molecule has 0 aliphatic carbocycles. The predicted octanol–water partition coefficient (Wildman–Crippen LogP) is 5.64. The lowest BCUT2D eigenvalue weighted by atomic mass is 9.93. The van der Waals surface area contributed by atoms with Crippen LogP contribution >= 0.6 is 0 Å². The molecule has 0 saturated carbocycles. The monoisotopic (exact) mass is 537 g/mol. The highest BCUT2D eigenvalue weighted by atomic mass is 19.3. The van der Waals surface area contributed by atoms with E-state index in [0.717, 1.165) is 17.7 Å². The Morgan fingerprint density at radius 2 is 1.95 bits per heavy atom. The van der Waals surface area contributed by atoms with E-state index in [1.54, 1.807) is 40.4 Å². The van der Waals surface area contributed by atoms with E-state index in [0.29, 0.717) is 46.6 Å². The second-order valence-electron chi connectivity index (χ2n) is 9.46. The van der Waals surface area contributed by atoms with Crippen LogP contribution in [0.5, 0.6) is 0 Å². The molecule has 0 amide bonds. The number of nitrogens with zero attached hydrogens (tertiary/aromatic N) is 3. The van der Waals surface area contributed by atoms with Crippen LogP contribution in [0.15, 0.2) is 42.6 Å². The summed E-state index contributed by atoms with van der Waals surface area (Å²) >= 11 is 0. The predicted molar refractivity (Wildman–Crippen MR) is 139 cm³/mol. The number of nitrogens with one attached hydrogen (secondary N) is 1. The van der Waals surface area contributed by atoms with Gasteiger partial charge in [-0.15, -0.1) is 0 Å². The molecule has 4 heterocycles. The first-order valence-corrected chi connectivity index (χ1v) is 12.2. The van der Waals surface area contributed by atoms with Crippen molar-refractivity contribution in [1.82, 2.24) is 14.0 Å². The Bertz CT molecular complexity index is 1780. The zero-order valence-corrected chi connectivity index (χ0v) is 21.0. The van der Waals surface area contributed by atoms with Gasteiger partial charge in [-0.05, 0) is 42.3 Å². The molecule has 0 fully saturated rings. The molecule has 200 valence electrons. The van der Waals surface area contributed by atoms with Crippen LogP contribution in [0.25, 0.3) is 27.7 Å². The van der Waals surface area contributed by atoms with Gasteiger partial charge in [0.2, 0.25) is 5.78 Å². The molecule has 5 aromatic rings. The molecule has 39 heavy (non-hydrogen) atoms. The summed E-state index contributed by atoms with van der Waals surface area (Å²) in [6, 6.07) is 8.22. The van der Waals surface area contributed by atoms with Gasteiger partial charge in [-0.25, -0.2) is 22.5 Å². The van der Waals surface area contributed by atoms with Crippen LogP contribution in [0.1, 0.15) is 39.4 Å². The molecular weight excluding hydrogens is 514 g/mol. The van der Waals surface area contributed by atoms with Crippen molar-refractivity contribution in [1.29, 1.82) is 0 Å². The number of carbonyl (C=O) groups excluding carboxylic acids is 1. The van der Waals surface area contributed by atoms with Gasteiger partial charge in [-0.3, -0.25) is 4.79 Å². The number of aromatic nitrogens is 3. The van der Waals surface area contributed by atoms with Crippen molar-refractivity contribution in [3.05, 3.63) is 82.4 Å². The summed E-state index contributed by atoms with van der Waals surface area (Å²) in [5, 5.41) is 3.30. The average molecular weight is 538 g/mol. The maximum Gasteiger partial charge on any atom is 0.264 e. The highest BCUT2D eigenvalue weighted by molar-refractivity contribution is 6.10. The maximum atomic E-state index is 14.6. The van der Waals surface area contributed by atoms with Gasteiger partial charge in [0.25, 0.3) is 6.43 Å². The van der Waals surface area contributed by atoms with E-state index in [2.05, 4.69) is 5.32 Å². The minimum atomic E-state index is -2.80. The van der Waals surface area contributed by atoms with E-state index in [9.17, 15) is 22.4 Å². The third kappa shape index (κ3) is 3.75. The number of halogens is 4. The van der Waals surface area contributed by atoms with Crippen LogP contribution < -0.4 is 11.1 Å². The van der Waals surface area contributed by atoms with Crippen molar-refractivity contribution in [2.75, 3.05) is 24.7 Å². The van der Waals surface area contributed by atoms with Crippen LogP contribution in [0.2, 0.25) is 0 Å². The number of pyridine rings is 1. The number of alkyl halides is 2. The lowest BCUT2D eigenvalue weighted by Gasteiger charge is -2.21. The molecule has 1 aliphatic rings. The highest BCUT2D eigenvalue weighted by Gasteiger charge is 2.29. The molecule has 0 spiro atoms. The molecule has 0 atom stereocenters. The number of hydrogen-bond donors (Lipinski definition) is 2. The number of imidazole rings is 1. The van der Waals surface area contributed by atoms with Gasteiger partial charge in [0.1, 0.15) is 35.3 Å². The normalized spacial score (nSPS) is 13.0. The van der Waals surface area contributed by atoms with Crippen molar-refractivity contribution >= 4 is 33.7 Å². The number of benzene rings is 2. The number of methoxy groups -OCH3 is 1. The van der Waals surface area contributed by atoms with Crippen molar-refractivity contribution in [3.8, 4) is 11.1 Å². The number of hydrogen-bond acceptors (Lipinski definition) is 5.